The molecule has 0 aliphatic heterocycles. The maximum absolute atomic E-state index is 11.3. The zero-order chi connectivity index (χ0) is 17.5. The first kappa shape index (κ1) is 21.0. The monoisotopic (exact) mass is 354 g/mol. The van der Waals surface area contributed by atoms with Crippen LogP contribution in [-0.4, -0.2) is 19.7 Å². The molecule has 1 aromatic heterocycles. The van der Waals surface area contributed by atoms with E-state index < -0.39 is 0 Å². The molecule has 138 valence electrons. The van der Waals surface area contributed by atoms with E-state index in [-0.39, 0.29) is 5.97 Å². The first-order valence-electron chi connectivity index (χ1n) is 9.59. The molecule has 1 aromatic rings. The van der Waals surface area contributed by atoms with Gasteiger partial charge in [0.25, 0.3) is 0 Å². The van der Waals surface area contributed by atoms with E-state index in [9.17, 15) is 4.79 Å². The fourth-order valence-corrected chi connectivity index (χ4v) is 3.52. The van der Waals surface area contributed by atoms with Gasteiger partial charge in [0, 0.05) is 0 Å². The summed E-state index contributed by atoms with van der Waals surface area (Å²) in [6.45, 7) is 3.00. The second kappa shape index (κ2) is 14.3. The van der Waals surface area contributed by atoms with Crippen LogP contribution in [0.3, 0.4) is 0 Å². The minimum atomic E-state index is -0.291. The topological polar surface area (TPSA) is 35.5 Å². The van der Waals surface area contributed by atoms with Crippen LogP contribution >= 0.6 is 11.3 Å². The summed E-state index contributed by atoms with van der Waals surface area (Å²) in [6.07, 6.45) is 16.1. The first-order valence-corrected chi connectivity index (χ1v) is 10.4. The Bertz CT molecular complexity index is 428. The third-order valence-corrected chi connectivity index (χ3v) is 5.19. The lowest BCUT2D eigenvalue weighted by atomic mass is 10.1. The predicted octanol–water partition coefficient (Wildman–Crippen LogP) is 6.61. The van der Waals surface area contributed by atoms with Crippen molar-refractivity contribution in [3.05, 3.63) is 17.0 Å². The fraction of sp³-hybridized carbons (Fsp3) is 0.750. The molecule has 0 aliphatic carbocycles. The maximum Gasteiger partial charge on any atom is 0.348 e. The van der Waals surface area contributed by atoms with Crippen molar-refractivity contribution in [2.24, 2.45) is 0 Å². The van der Waals surface area contributed by atoms with Gasteiger partial charge in [-0.25, -0.2) is 4.79 Å². The molecule has 0 spiro atoms. The predicted molar refractivity (Wildman–Crippen MR) is 102 cm³/mol. The molecule has 0 bridgehead atoms. The Labute approximate surface area is 151 Å². The molecule has 0 saturated carbocycles. The number of ether oxygens (including phenoxy) is 2. The summed E-state index contributed by atoms with van der Waals surface area (Å²) in [6, 6.07) is 3.60. The highest BCUT2D eigenvalue weighted by molar-refractivity contribution is 7.15. The number of hydrogen-bond donors (Lipinski definition) is 0. The average molecular weight is 355 g/mol. The molecule has 0 unspecified atom stereocenters. The summed E-state index contributed by atoms with van der Waals surface area (Å²) in [7, 11) is 1.40. The number of esters is 1. The van der Waals surface area contributed by atoms with E-state index in [1.165, 1.54) is 89.1 Å². The van der Waals surface area contributed by atoms with Crippen molar-refractivity contribution < 1.29 is 14.3 Å². The Morgan fingerprint density at radius 2 is 1.42 bits per heavy atom. The molecule has 0 N–H and O–H groups in total. The Hall–Kier alpha value is -1.03. The van der Waals surface area contributed by atoms with Crippen molar-refractivity contribution in [2.45, 2.75) is 84.0 Å². The lowest BCUT2D eigenvalue weighted by molar-refractivity contribution is 0.0606. The molecular formula is C20H34O3S. The van der Waals surface area contributed by atoms with Gasteiger partial charge in [-0.15, -0.1) is 0 Å². The molecule has 24 heavy (non-hydrogen) atoms. The van der Waals surface area contributed by atoms with Crippen LogP contribution in [0.1, 0.15) is 93.6 Å². The number of carbonyl (C=O) groups is 1. The molecule has 3 nitrogen and oxygen atoms in total. The molecule has 0 radical (unpaired) electrons. The Morgan fingerprint density at radius 3 is 1.96 bits per heavy atom. The zero-order valence-electron chi connectivity index (χ0n) is 15.5. The molecule has 0 aromatic carbocycles. The number of unbranched alkanes of at least 4 members (excludes halogenated alkanes) is 11. The molecule has 0 atom stereocenters. The van der Waals surface area contributed by atoms with Gasteiger partial charge in [0.2, 0.25) is 0 Å². The molecule has 1 heterocycles. The van der Waals surface area contributed by atoms with Gasteiger partial charge in [-0.05, 0) is 18.6 Å². The van der Waals surface area contributed by atoms with E-state index in [4.69, 9.17) is 4.74 Å². The van der Waals surface area contributed by atoms with E-state index in [0.717, 1.165) is 18.1 Å². The van der Waals surface area contributed by atoms with Crippen LogP contribution in [0.5, 0.6) is 5.06 Å². The van der Waals surface area contributed by atoms with Crippen molar-refractivity contribution in [1.29, 1.82) is 0 Å². The first-order chi connectivity index (χ1) is 11.8. The summed E-state index contributed by atoms with van der Waals surface area (Å²) in [5, 5.41) is 0.804. The van der Waals surface area contributed by atoms with Crippen molar-refractivity contribution in [1.82, 2.24) is 0 Å². The maximum atomic E-state index is 11.3. The minimum Gasteiger partial charge on any atom is -0.484 e. The Balaban J connectivity index is 1.87. The van der Waals surface area contributed by atoms with Crippen molar-refractivity contribution >= 4 is 17.3 Å². The number of methoxy groups -OCH3 is 1. The normalized spacial score (nSPS) is 10.8. The Morgan fingerprint density at radius 1 is 0.875 bits per heavy atom. The van der Waals surface area contributed by atoms with Gasteiger partial charge in [0.05, 0.1) is 13.7 Å². The average Bonchev–Trinajstić information content (AvgIpc) is 3.07. The van der Waals surface area contributed by atoms with Gasteiger partial charge in [-0.1, -0.05) is 88.9 Å². The number of hydrogen-bond acceptors (Lipinski definition) is 4. The van der Waals surface area contributed by atoms with Crippen molar-refractivity contribution in [2.75, 3.05) is 13.7 Å². The highest BCUT2D eigenvalue weighted by Crippen LogP contribution is 2.25. The van der Waals surface area contributed by atoms with Crippen LogP contribution < -0.4 is 4.74 Å². The van der Waals surface area contributed by atoms with Gasteiger partial charge in [0.1, 0.15) is 4.88 Å². The minimum absolute atomic E-state index is 0.291. The fourth-order valence-electron chi connectivity index (χ4n) is 2.72. The number of rotatable bonds is 15. The molecule has 1 rings (SSSR count). The molecule has 4 heteroatoms. The highest BCUT2D eigenvalue weighted by atomic mass is 32.1. The molecule has 0 amide bonds. The molecule has 0 aliphatic rings. The van der Waals surface area contributed by atoms with Gasteiger partial charge < -0.3 is 9.47 Å². The highest BCUT2D eigenvalue weighted by Gasteiger charge is 2.09. The lowest BCUT2D eigenvalue weighted by Gasteiger charge is -2.04. The quantitative estimate of drug-likeness (QED) is 0.262. The van der Waals surface area contributed by atoms with E-state index in [0.29, 0.717) is 4.88 Å². The Kier molecular flexibility index (Phi) is 12.5. The smallest absolute Gasteiger partial charge is 0.348 e. The molecular weight excluding hydrogens is 320 g/mol. The lowest BCUT2D eigenvalue weighted by Crippen LogP contribution is -1.97. The number of thiophene rings is 1. The van der Waals surface area contributed by atoms with Gasteiger partial charge in [-0.2, -0.15) is 0 Å². The van der Waals surface area contributed by atoms with Crippen LogP contribution in [0, 0.1) is 0 Å². The van der Waals surface area contributed by atoms with Gasteiger partial charge in [0.15, 0.2) is 5.06 Å². The second-order valence-electron chi connectivity index (χ2n) is 6.35. The third kappa shape index (κ3) is 9.96. The van der Waals surface area contributed by atoms with E-state index in [2.05, 4.69) is 11.7 Å². The standard InChI is InChI=1S/C20H34O3S/c1-3-4-5-6-7-8-9-10-11-12-13-14-17-23-19-16-15-18(24-19)20(21)22-2/h15-16H,3-14,17H2,1-2H3. The van der Waals surface area contributed by atoms with Crippen LogP contribution in [0.2, 0.25) is 0 Å². The zero-order valence-corrected chi connectivity index (χ0v) is 16.3. The van der Waals surface area contributed by atoms with Crippen LogP contribution in [-0.2, 0) is 4.74 Å². The van der Waals surface area contributed by atoms with Gasteiger partial charge >= 0.3 is 5.97 Å². The van der Waals surface area contributed by atoms with Gasteiger partial charge in [-0.3, -0.25) is 0 Å². The molecule has 0 fully saturated rings. The van der Waals surface area contributed by atoms with Crippen molar-refractivity contribution in [3.8, 4) is 5.06 Å². The van der Waals surface area contributed by atoms with E-state index in [1.54, 1.807) is 6.07 Å². The van der Waals surface area contributed by atoms with E-state index >= 15 is 0 Å². The van der Waals surface area contributed by atoms with Crippen molar-refractivity contribution in [3.63, 3.8) is 0 Å². The SMILES string of the molecule is CCCCCCCCCCCCCCOc1ccc(C(=O)OC)s1. The summed E-state index contributed by atoms with van der Waals surface area (Å²) < 4.78 is 10.4. The van der Waals surface area contributed by atoms with Crippen LogP contribution in [0.25, 0.3) is 0 Å². The van der Waals surface area contributed by atoms with E-state index in [1.807, 2.05) is 6.07 Å². The summed E-state index contributed by atoms with van der Waals surface area (Å²) in [5.41, 5.74) is 0. The van der Waals surface area contributed by atoms with Crippen LogP contribution in [0.4, 0.5) is 0 Å². The van der Waals surface area contributed by atoms with Crippen LogP contribution in [0.15, 0.2) is 12.1 Å². The summed E-state index contributed by atoms with van der Waals surface area (Å²) in [5.74, 6) is -0.291. The molecule has 0 saturated heterocycles. The summed E-state index contributed by atoms with van der Waals surface area (Å²) in [4.78, 5) is 11.9. The number of carbonyl (C=O) groups excluding carboxylic acids is 1. The summed E-state index contributed by atoms with van der Waals surface area (Å²) >= 11 is 1.35. The second-order valence-corrected chi connectivity index (χ2v) is 7.39. The largest absolute Gasteiger partial charge is 0.484 e. The third-order valence-electron chi connectivity index (χ3n) is 4.21.